The number of aromatic nitrogens is 1. The van der Waals surface area contributed by atoms with Gasteiger partial charge in [-0.2, -0.15) is 0 Å². The summed E-state index contributed by atoms with van der Waals surface area (Å²) in [5.41, 5.74) is 1.57. The number of benzene rings is 1. The fourth-order valence-corrected chi connectivity index (χ4v) is 1.69. The third-order valence-corrected chi connectivity index (χ3v) is 2.71. The minimum Gasteiger partial charge on any atom is -0.364 e. The molecule has 2 rings (SSSR count). The molecule has 18 heavy (non-hydrogen) atoms. The first kappa shape index (κ1) is 12.5. The van der Waals surface area contributed by atoms with E-state index in [1.54, 1.807) is 12.1 Å². The van der Waals surface area contributed by atoms with Gasteiger partial charge in [0.2, 0.25) is 0 Å². The molecule has 0 aliphatic carbocycles. The van der Waals surface area contributed by atoms with Gasteiger partial charge in [-0.1, -0.05) is 16.8 Å². The Morgan fingerprint density at radius 1 is 1.39 bits per heavy atom. The number of nitro benzene ring substituents is 1. The van der Waals surface area contributed by atoms with Crippen LogP contribution >= 0.6 is 11.6 Å². The third-order valence-electron chi connectivity index (χ3n) is 2.36. The number of hydrogen-bond donors (Lipinski definition) is 1. The van der Waals surface area contributed by atoms with Crippen molar-refractivity contribution in [3.05, 3.63) is 56.9 Å². The fraction of sp³-hybridized carbons (Fsp3) is 0.182. The normalized spacial score (nSPS) is 10.5. The summed E-state index contributed by atoms with van der Waals surface area (Å²) in [7, 11) is 0. The van der Waals surface area contributed by atoms with Crippen molar-refractivity contribution in [3.8, 4) is 0 Å². The van der Waals surface area contributed by atoms with Crippen molar-refractivity contribution in [3.63, 3.8) is 0 Å². The molecule has 0 atom stereocenters. The van der Waals surface area contributed by atoms with Gasteiger partial charge in [-0.15, -0.1) is 0 Å². The van der Waals surface area contributed by atoms with Crippen molar-refractivity contribution in [2.45, 2.75) is 13.1 Å². The van der Waals surface area contributed by atoms with Crippen LogP contribution in [0.15, 0.2) is 35.1 Å². The lowest BCUT2D eigenvalue weighted by atomic mass is 10.2. The van der Waals surface area contributed by atoms with E-state index in [4.69, 9.17) is 16.1 Å². The Morgan fingerprint density at radius 3 is 2.83 bits per heavy atom. The molecular weight excluding hydrogens is 258 g/mol. The third kappa shape index (κ3) is 3.06. The van der Waals surface area contributed by atoms with Crippen LogP contribution in [0.2, 0.25) is 5.02 Å². The van der Waals surface area contributed by atoms with Crippen LogP contribution in [0.1, 0.15) is 11.3 Å². The highest BCUT2D eigenvalue weighted by Crippen LogP contribution is 2.22. The van der Waals surface area contributed by atoms with Gasteiger partial charge in [0.15, 0.2) is 0 Å². The molecule has 1 aromatic carbocycles. The first-order valence-electron chi connectivity index (χ1n) is 5.19. The quantitative estimate of drug-likeness (QED) is 0.665. The van der Waals surface area contributed by atoms with Gasteiger partial charge in [-0.05, 0) is 11.6 Å². The summed E-state index contributed by atoms with van der Waals surface area (Å²) in [6.07, 6.45) is 1.50. The lowest BCUT2D eigenvalue weighted by Gasteiger charge is -2.05. The molecule has 0 fully saturated rings. The van der Waals surface area contributed by atoms with Crippen molar-refractivity contribution in [2.75, 3.05) is 0 Å². The standard InChI is InChI=1S/C11H10ClN3O3/c12-11-5-10(15(16)17)2-1-8(11)6-13-7-9-3-4-18-14-9/h1-5,13H,6-7H2. The first-order valence-corrected chi connectivity index (χ1v) is 5.57. The van der Waals surface area contributed by atoms with Crippen LogP contribution in [0.3, 0.4) is 0 Å². The summed E-state index contributed by atoms with van der Waals surface area (Å²) >= 11 is 5.96. The molecule has 1 heterocycles. The maximum atomic E-state index is 10.5. The molecule has 0 unspecified atom stereocenters. The number of non-ortho nitro benzene ring substituents is 1. The van der Waals surface area contributed by atoms with Gasteiger partial charge in [-0.3, -0.25) is 10.1 Å². The fourth-order valence-electron chi connectivity index (χ4n) is 1.45. The SMILES string of the molecule is O=[N+]([O-])c1ccc(CNCc2ccon2)c(Cl)c1. The van der Waals surface area contributed by atoms with E-state index in [1.165, 1.54) is 18.4 Å². The van der Waals surface area contributed by atoms with Gasteiger partial charge in [0.1, 0.15) is 6.26 Å². The van der Waals surface area contributed by atoms with Gasteiger partial charge in [0, 0.05) is 31.3 Å². The lowest BCUT2D eigenvalue weighted by molar-refractivity contribution is -0.384. The van der Waals surface area contributed by atoms with Crippen molar-refractivity contribution < 1.29 is 9.45 Å². The van der Waals surface area contributed by atoms with E-state index < -0.39 is 4.92 Å². The van der Waals surface area contributed by atoms with E-state index >= 15 is 0 Å². The van der Waals surface area contributed by atoms with E-state index in [2.05, 4.69) is 10.5 Å². The second-order valence-electron chi connectivity index (χ2n) is 3.63. The summed E-state index contributed by atoms with van der Waals surface area (Å²) in [6.45, 7) is 1.05. The molecule has 0 saturated carbocycles. The van der Waals surface area contributed by atoms with Crippen LogP contribution in [0.25, 0.3) is 0 Å². The molecule has 0 spiro atoms. The van der Waals surface area contributed by atoms with Gasteiger partial charge in [0.05, 0.1) is 15.6 Å². The second kappa shape index (κ2) is 5.61. The largest absolute Gasteiger partial charge is 0.364 e. The Labute approximate surface area is 108 Å². The molecule has 0 amide bonds. The zero-order chi connectivity index (χ0) is 13.0. The average molecular weight is 268 g/mol. The molecule has 94 valence electrons. The van der Waals surface area contributed by atoms with E-state index in [9.17, 15) is 10.1 Å². The van der Waals surface area contributed by atoms with Crippen LogP contribution in [0, 0.1) is 10.1 Å². The van der Waals surface area contributed by atoms with Crippen molar-refractivity contribution in [2.24, 2.45) is 0 Å². The minimum atomic E-state index is -0.474. The Balaban J connectivity index is 1.95. The number of nitrogens with one attached hydrogen (secondary N) is 1. The van der Waals surface area contributed by atoms with Crippen LogP contribution in [0.5, 0.6) is 0 Å². The zero-order valence-corrected chi connectivity index (χ0v) is 10.1. The molecular formula is C11H10ClN3O3. The van der Waals surface area contributed by atoms with Gasteiger partial charge in [0.25, 0.3) is 5.69 Å². The zero-order valence-electron chi connectivity index (χ0n) is 9.30. The molecule has 0 bridgehead atoms. The molecule has 0 aliphatic heterocycles. The smallest absolute Gasteiger partial charge is 0.270 e. The maximum absolute atomic E-state index is 10.5. The van der Waals surface area contributed by atoms with Crippen LogP contribution < -0.4 is 5.32 Å². The summed E-state index contributed by atoms with van der Waals surface area (Å²) < 4.78 is 4.69. The monoisotopic (exact) mass is 267 g/mol. The number of nitrogens with zero attached hydrogens (tertiary/aromatic N) is 2. The van der Waals surface area contributed by atoms with Crippen LogP contribution in [-0.2, 0) is 13.1 Å². The summed E-state index contributed by atoms with van der Waals surface area (Å²) in [6, 6.07) is 6.16. The first-order chi connectivity index (χ1) is 8.66. The average Bonchev–Trinajstić information content (AvgIpc) is 2.84. The molecule has 1 aromatic heterocycles. The Kier molecular flexibility index (Phi) is 3.91. The summed E-state index contributed by atoms with van der Waals surface area (Å²) in [5.74, 6) is 0. The highest BCUT2D eigenvalue weighted by molar-refractivity contribution is 6.31. The number of hydrogen-bond acceptors (Lipinski definition) is 5. The highest BCUT2D eigenvalue weighted by Gasteiger charge is 2.09. The molecule has 1 N–H and O–H groups in total. The Morgan fingerprint density at radius 2 is 2.22 bits per heavy atom. The second-order valence-corrected chi connectivity index (χ2v) is 4.03. The van der Waals surface area contributed by atoms with E-state index in [0.29, 0.717) is 18.1 Å². The molecule has 0 radical (unpaired) electrons. The maximum Gasteiger partial charge on any atom is 0.270 e. The Hall–Kier alpha value is -1.92. The van der Waals surface area contributed by atoms with Crippen molar-refractivity contribution >= 4 is 17.3 Å². The molecule has 2 aromatic rings. The predicted octanol–water partition coefficient (Wildman–Crippen LogP) is 2.53. The van der Waals surface area contributed by atoms with Gasteiger partial charge in [-0.25, -0.2) is 0 Å². The Bertz CT molecular complexity index is 542. The molecule has 7 heteroatoms. The van der Waals surface area contributed by atoms with Gasteiger partial charge < -0.3 is 9.84 Å². The van der Waals surface area contributed by atoms with Crippen molar-refractivity contribution in [1.82, 2.24) is 10.5 Å². The summed E-state index contributed by atoms with van der Waals surface area (Å²) in [5, 5.41) is 17.8. The number of nitro groups is 1. The number of rotatable bonds is 5. The summed E-state index contributed by atoms with van der Waals surface area (Å²) in [4.78, 5) is 10.1. The number of halogens is 1. The van der Waals surface area contributed by atoms with E-state index in [1.807, 2.05) is 0 Å². The lowest BCUT2D eigenvalue weighted by Crippen LogP contribution is -2.13. The van der Waals surface area contributed by atoms with E-state index in [-0.39, 0.29) is 5.69 Å². The molecule has 0 aliphatic rings. The highest BCUT2D eigenvalue weighted by atomic mass is 35.5. The van der Waals surface area contributed by atoms with E-state index in [0.717, 1.165) is 11.3 Å². The topological polar surface area (TPSA) is 81.2 Å². The predicted molar refractivity (Wildman–Crippen MR) is 65.2 cm³/mol. The minimum absolute atomic E-state index is 0.0137. The van der Waals surface area contributed by atoms with Crippen molar-refractivity contribution in [1.29, 1.82) is 0 Å². The molecule has 6 nitrogen and oxygen atoms in total. The van der Waals surface area contributed by atoms with Gasteiger partial charge >= 0.3 is 0 Å². The van der Waals surface area contributed by atoms with Crippen LogP contribution in [-0.4, -0.2) is 10.1 Å². The molecule has 0 saturated heterocycles. The van der Waals surface area contributed by atoms with Crippen LogP contribution in [0.4, 0.5) is 5.69 Å².